The minimum Gasteiger partial charge on any atom is -0.483 e. The van der Waals surface area contributed by atoms with Crippen molar-refractivity contribution >= 4 is 39.7 Å². The van der Waals surface area contributed by atoms with E-state index >= 15 is 0 Å². The predicted molar refractivity (Wildman–Crippen MR) is 96.2 cm³/mol. The summed E-state index contributed by atoms with van der Waals surface area (Å²) in [6.07, 6.45) is 2.47. The minimum absolute atomic E-state index is 0.114. The number of hydrogen-bond donors (Lipinski definition) is 1. The number of halogens is 2. The van der Waals surface area contributed by atoms with Crippen LogP contribution in [0.3, 0.4) is 0 Å². The molecule has 0 fully saturated rings. The van der Waals surface area contributed by atoms with Gasteiger partial charge in [-0.3, -0.25) is 4.79 Å². The standard InChI is InChI=1S/C17H16BrClN2O2/c1-2-12-6-7-16(15(18)9-12)23-11-17(22)21-20-10-13-4-3-5-14(19)8-13/h3-10H,2,11H2,1H3,(H,21,22)/b20-10+. The van der Waals surface area contributed by atoms with Crippen LogP contribution in [0.2, 0.25) is 5.02 Å². The highest BCUT2D eigenvalue weighted by Crippen LogP contribution is 2.26. The zero-order chi connectivity index (χ0) is 16.7. The summed E-state index contributed by atoms with van der Waals surface area (Å²) >= 11 is 9.30. The molecule has 0 unspecified atom stereocenters. The van der Waals surface area contributed by atoms with Crippen LogP contribution in [0.15, 0.2) is 52.0 Å². The lowest BCUT2D eigenvalue weighted by molar-refractivity contribution is -0.123. The summed E-state index contributed by atoms with van der Waals surface area (Å²) in [5.41, 5.74) is 4.41. The van der Waals surface area contributed by atoms with Gasteiger partial charge >= 0.3 is 0 Å². The van der Waals surface area contributed by atoms with E-state index in [1.165, 1.54) is 11.8 Å². The Morgan fingerprint density at radius 2 is 2.17 bits per heavy atom. The second kappa shape index (κ2) is 8.70. The van der Waals surface area contributed by atoms with Gasteiger partial charge < -0.3 is 4.74 Å². The van der Waals surface area contributed by atoms with Crippen LogP contribution in [0.5, 0.6) is 5.75 Å². The summed E-state index contributed by atoms with van der Waals surface area (Å²) in [7, 11) is 0. The maximum Gasteiger partial charge on any atom is 0.277 e. The van der Waals surface area contributed by atoms with Crippen molar-refractivity contribution in [2.24, 2.45) is 5.10 Å². The number of carbonyl (C=O) groups excluding carboxylic acids is 1. The Balaban J connectivity index is 1.83. The van der Waals surface area contributed by atoms with Crippen molar-refractivity contribution in [3.05, 3.63) is 63.1 Å². The smallest absolute Gasteiger partial charge is 0.277 e. The van der Waals surface area contributed by atoms with Gasteiger partial charge in [-0.2, -0.15) is 5.10 Å². The van der Waals surface area contributed by atoms with E-state index in [1.807, 2.05) is 30.3 Å². The third-order valence-corrected chi connectivity index (χ3v) is 3.87. The number of carbonyl (C=O) groups is 1. The van der Waals surface area contributed by atoms with Crippen molar-refractivity contribution in [2.75, 3.05) is 6.61 Å². The van der Waals surface area contributed by atoms with Gasteiger partial charge in [0.15, 0.2) is 6.61 Å². The molecule has 0 spiro atoms. The molecule has 4 nitrogen and oxygen atoms in total. The van der Waals surface area contributed by atoms with Gasteiger partial charge in [-0.1, -0.05) is 36.7 Å². The fraction of sp³-hybridized carbons (Fsp3) is 0.176. The number of aryl methyl sites for hydroxylation is 1. The average molecular weight is 396 g/mol. The molecule has 1 N–H and O–H groups in total. The van der Waals surface area contributed by atoms with Gasteiger partial charge in [0.05, 0.1) is 10.7 Å². The normalized spacial score (nSPS) is 10.7. The van der Waals surface area contributed by atoms with E-state index in [4.69, 9.17) is 16.3 Å². The average Bonchev–Trinajstić information content (AvgIpc) is 2.53. The van der Waals surface area contributed by atoms with Crippen LogP contribution < -0.4 is 10.2 Å². The largest absolute Gasteiger partial charge is 0.483 e. The first-order valence-corrected chi connectivity index (χ1v) is 8.24. The van der Waals surface area contributed by atoms with E-state index in [9.17, 15) is 4.79 Å². The van der Waals surface area contributed by atoms with E-state index in [1.54, 1.807) is 12.1 Å². The fourth-order valence-corrected chi connectivity index (χ4v) is 2.56. The van der Waals surface area contributed by atoms with Gasteiger partial charge in [0.25, 0.3) is 5.91 Å². The number of amides is 1. The topological polar surface area (TPSA) is 50.7 Å². The Hall–Kier alpha value is -1.85. The van der Waals surface area contributed by atoms with Crippen LogP contribution in [0.1, 0.15) is 18.1 Å². The summed E-state index contributed by atoms with van der Waals surface area (Å²) in [6, 6.07) is 13.0. The number of benzene rings is 2. The summed E-state index contributed by atoms with van der Waals surface area (Å²) in [5.74, 6) is 0.283. The van der Waals surface area contributed by atoms with Crippen LogP contribution >= 0.6 is 27.5 Å². The molecule has 0 heterocycles. The van der Waals surface area contributed by atoms with Gasteiger partial charge in [-0.25, -0.2) is 5.43 Å². The lowest BCUT2D eigenvalue weighted by Crippen LogP contribution is -2.24. The Labute approximate surface area is 148 Å². The predicted octanol–water partition coefficient (Wildman–Crippen LogP) is 4.19. The highest BCUT2D eigenvalue weighted by molar-refractivity contribution is 9.10. The summed E-state index contributed by atoms with van der Waals surface area (Å²) in [5, 5.41) is 4.48. The first kappa shape index (κ1) is 17.5. The van der Waals surface area contributed by atoms with Gasteiger partial charge in [-0.05, 0) is 57.7 Å². The molecular formula is C17H16BrClN2O2. The second-order valence-electron chi connectivity index (χ2n) is 4.76. The van der Waals surface area contributed by atoms with Gasteiger partial charge in [0.1, 0.15) is 5.75 Å². The van der Waals surface area contributed by atoms with E-state index < -0.39 is 0 Å². The van der Waals surface area contributed by atoms with E-state index in [0.29, 0.717) is 10.8 Å². The molecule has 0 saturated carbocycles. The number of rotatable bonds is 6. The van der Waals surface area contributed by atoms with Crippen LogP contribution in [0.4, 0.5) is 0 Å². The molecule has 0 aromatic heterocycles. The zero-order valence-corrected chi connectivity index (χ0v) is 14.9. The van der Waals surface area contributed by atoms with Crippen LogP contribution in [-0.2, 0) is 11.2 Å². The van der Waals surface area contributed by atoms with Crippen molar-refractivity contribution in [1.29, 1.82) is 0 Å². The van der Waals surface area contributed by atoms with Gasteiger partial charge in [-0.15, -0.1) is 0 Å². The molecular weight excluding hydrogens is 380 g/mol. The molecule has 2 aromatic carbocycles. The number of hydrogen-bond acceptors (Lipinski definition) is 3. The van der Waals surface area contributed by atoms with E-state index in [2.05, 4.69) is 33.4 Å². The lowest BCUT2D eigenvalue weighted by Gasteiger charge is -2.08. The quantitative estimate of drug-likeness (QED) is 0.589. The molecule has 2 rings (SSSR count). The van der Waals surface area contributed by atoms with Crippen LogP contribution in [-0.4, -0.2) is 18.7 Å². The molecule has 0 aliphatic heterocycles. The first-order chi connectivity index (χ1) is 11.1. The van der Waals surface area contributed by atoms with Crippen molar-refractivity contribution in [2.45, 2.75) is 13.3 Å². The highest BCUT2D eigenvalue weighted by atomic mass is 79.9. The number of ether oxygens (including phenoxy) is 1. The lowest BCUT2D eigenvalue weighted by atomic mass is 10.2. The molecule has 0 saturated heterocycles. The SMILES string of the molecule is CCc1ccc(OCC(=O)N/N=C/c2cccc(Cl)c2)c(Br)c1. The second-order valence-corrected chi connectivity index (χ2v) is 6.05. The minimum atomic E-state index is -0.338. The molecule has 2 aromatic rings. The molecule has 0 atom stereocenters. The third kappa shape index (κ3) is 5.69. The molecule has 0 aliphatic carbocycles. The van der Waals surface area contributed by atoms with E-state index in [0.717, 1.165) is 16.5 Å². The number of nitrogens with zero attached hydrogens (tertiary/aromatic N) is 1. The molecule has 0 aliphatic rings. The first-order valence-electron chi connectivity index (χ1n) is 7.07. The van der Waals surface area contributed by atoms with Crippen LogP contribution in [0.25, 0.3) is 0 Å². The molecule has 23 heavy (non-hydrogen) atoms. The van der Waals surface area contributed by atoms with Crippen molar-refractivity contribution in [1.82, 2.24) is 5.43 Å². The third-order valence-electron chi connectivity index (χ3n) is 3.01. The maximum atomic E-state index is 11.7. The summed E-state index contributed by atoms with van der Waals surface area (Å²) in [4.78, 5) is 11.7. The van der Waals surface area contributed by atoms with E-state index in [-0.39, 0.29) is 12.5 Å². The Morgan fingerprint density at radius 1 is 1.35 bits per heavy atom. The van der Waals surface area contributed by atoms with Crippen molar-refractivity contribution < 1.29 is 9.53 Å². The van der Waals surface area contributed by atoms with Crippen molar-refractivity contribution in [3.8, 4) is 5.75 Å². The van der Waals surface area contributed by atoms with Gasteiger partial charge in [0, 0.05) is 5.02 Å². The fourth-order valence-electron chi connectivity index (χ4n) is 1.82. The Bertz CT molecular complexity index is 719. The maximum absolute atomic E-state index is 11.7. The van der Waals surface area contributed by atoms with Gasteiger partial charge in [0.2, 0.25) is 0 Å². The zero-order valence-electron chi connectivity index (χ0n) is 12.6. The monoisotopic (exact) mass is 394 g/mol. The number of hydrazone groups is 1. The molecule has 1 amide bonds. The molecule has 0 radical (unpaired) electrons. The van der Waals surface area contributed by atoms with Crippen LogP contribution in [0, 0.1) is 0 Å². The Kier molecular flexibility index (Phi) is 6.62. The number of nitrogens with one attached hydrogen (secondary N) is 1. The highest BCUT2D eigenvalue weighted by Gasteiger charge is 2.05. The summed E-state index contributed by atoms with van der Waals surface area (Å²) in [6.45, 7) is 1.96. The molecule has 120 valence electrons. The van der Waals surface area contributed by atoms with Crippen molar-refractivity contribution in [3.63, 3.8) is 0 Å². The summed E-state index contributed by atoms with van der Waals surface area (Å²) < 4.78 is 6.29. The molecule has 6 heteroatoms. The Morgan fingerprint density at radius 3 is 2.87 bits per heavy atom. The molecule has 0 bridgehead atoms.